The summed E-state index contributed by atoms with van der Waals surface area (Å²) < 4.78 is 340. The Hall–Kier alpha value is -3.07. The number of rotatable bonds is 14. The lowest BCUT2D eigenvalue weighted by Crippen LogP contribution is -2.78. The minimum absolute atomic E-state index is 0.448. The molecule has 0 atom stereocenters. The van der Waals surface area contributed by atoms with Crippen LogP contribution in [0.15, 0.2) is 12.2 Å². The van der Waals surface area contributed by atoms with Crippen LogP contribution in [0, 0.1) is 0 Å². The largest absolute Gasteiger partial charge is 0.473 e. The van der Waals surface area contributed by atoms with Gasteiger partial charge in [-0.1, -0.05) is 6.58 Å². The first-order chi connectivity index (χ1) is 20.0. The van der Waals surface area contributed by atoms with Crippen LogP contribution < -0.4 is 0 Å². The quantitative estimate of drug-likeness (QED) is 0.102. The zero-order chi connectivity index (χ0) is 38.9. The molecule has 47 heavy (non-hydrogen) atoms. The molecule has 0 aliphatic rings. The minimum Gasteiger partial charge on any atom is -0.466 e. The molecule has 0 aromatic carbocycles. The van der Waals surface area contributed by atoms with E-state index >= 15 is 0 Å². The predicted molar refractivity (Wildman–Crippen MR) is 92.3 cm³/mol. The number of alkyl halides is 25. The number of carbonyl (C=O) groups excluding carboxylic acids is 2. The number of carbonyl (C=O) groups is 2. The molecule has 0 rings (SSSR count). The van der Waals surface area contributed by atoms with Crippen LogP contribution in [0.2, 0.25) is 0 Å². The van der Waals surface area contributed by atoms with Gasteiger partial charge in [-0.2, -0.15) is 110 Å². The molecule has 0 saturated heterocycles. The second-order valence-electron chi connectivity index (χ2n) is 8.50. The molecule has 0 bridgehead atoms. The van der Waals surface area contributed by atoms with Gasteiger partial charge < -0.3 is 9.47 Å². The van der Waals surface area contributed by atoms with Crippen molar-refractivity contribution in [3.63, 3.8) is 0 Å². The van der Waals surface area contributed by atoms with E-state index in [4.69, 9.17) is 0 Å². The Bertz CT molecular complexity index is 1210. The van der Waals surface area contributed by atoms with Gasteiger partial charge in [-0.25, -0.2) is 4.79 Å². The van der Waals surface area contributed by atoms with Crippen LogP contribution in [0.25, 0.3) is 0 Å². The van der Waals surface area contributed by atoms with Gasteiger partial charge in [0.1, 0.15) is 0 Å². The van der Waals surface area contributed by atoms with Crippen molar-refractivity contribution in [2.24, 2.45) is 0 Å². The van der Waals surface area contributed by atoms with Crippen molar-refractivity contribution >= 4 is 11.9 Å². The van der Waals surface area contributed by atoms with Crippen molar-refractivity contribution < 1.29 is 129 Å². The molecule has 0 aromatic heterocycles. The smallest absolute Gasteiger partial charge is 0.466 e. The van der Waals surface area contributed by atoms with Crippen LogP contribution in [-0.4, -0.2) is 90.6 Å². The SMILES string of the molecule is C=C(CC(=O)OC(F)(F)C(F)(F)C(F)(F)C(F)(F)C(F)(F)C(F)(F)C(F)(F)C(F)(F)C(F)(F)C(F)(F)C(F)(F)C(F)(F)F)C(=O)OC. The highest BCUT2D eigenvalue weighted by atomic mass is 19.4. The first kappa shape index (κ1) is 43.9. The van der Waals surface area contributed by atoms with E-state index in [1.54, 1.807) is 0 Å². The number of hydrogen-bond donors (Lipinski definition) is 0. The minimum atomic E-state index is -9.72. The number of esters is 2. The summed E-state index contributed by atoms with van der Waals surface area (Å²) in [5.41, 5.74) is -1.42. The van der Waals surface area contributed by atoms with Crippen molar-refractivity contribution in [3.05, 3.63) is 12.2 Å². The molecule has 4 nitrogen and oxygen atoms in total. The van der Waals surface area contributed by atoms with Crippen LogP contribution in [0.3, 0.4) is 0 Å². The molecule has 0 N–H and O–H groups in total. The molecule has 0 spiro atoms. The van der Waals surface area contributed by atoms with E-state index in [1.807, 2.05) is 0 Å². The molecule has 0 radical (unpaired) electrons. The topological polar surface area (TPSA) is 52.6 Å². The molecular formula is C18H7F25O4. The van der Waals surface area contributed by atoms with Gasteiger partial charge in [0.2, 0.25) is 0 Å². The second kappa shape index (κ2) is 11.5. The summed E-state index contributed by atoms with van der Waals surface area (Å²) >= 11 is 0. The maximum atomic E-state index is 13.8. The summed E-state index contributed by atoms with van der Waals surface area (Å²) in [6.45, 7) is 2.52. The summed E-state index contributed by atoms with van der Waals surface area (Å²) in [6, 6.07) is 0. The van der Waals surface area contributed by atoms with Gasteiger partial charge in [0.05, 0.1) is 13.5 Å². The van der Waals surface area contributed by atoms with Crippen LogP contribution in [0.4, 0.5) is 110 Å². The van der Waals surface area contributed by atoms with E-state index in [0.717, 1.165) is 0 Å². The Balaban J connectivity index is 7.16. The lowest BCUT2D eigenvalue weighted by Gasteiger charge is -2.45. The van der Waals surface area contributed by atoms with Crippen LogP contribution in [-0.2, 0) is 19.1 Å². The molecule has 0 aliphatic carbocycles. The standard InChI is InChI=1S/C18H7F25O4/c1-4(6(45)46-2)3-5(44)47-18(42,43)16(37,38)14(33,34)12(29,30)10(25,26)8(21,22)7(19,20)9(23,24)11(27,28)13(31,32)15(35,36)17(39,40)41/h1,3H2,2H3. The fourth-order valence-corrected chi connectivity index (χ4v) is 2.57. The van der Waals surface area contributed by atoms with Gasteiger partial charge in [0, 0.05) is 5.57 Å². The number of halogens is 25. The summed E-state index contributed by atoms with van der Waals surface area (Å²) in [5.74, 6) is -98.2. The fourth-order valence-electron chi connectivity index (χ4n) is 2.57. The highest BCUT2D eigenvalue weighted by Crippen LogP contribution is 2.67. The fraction of sp³-hybridized carbons (Fsp3) is 0.778. The Kier molecular flexibility index (Phi) is 10.8. The van der Waals surface area contributed by atoms with E-state index in [-0.39, 0.29) is 0 Å². The molecular weight excluding hydrogens is 755 g/mol. The van der Waals surface area contributed by atoms with E-state index < -0.39 is 95.4 Å². The third-order valence-corrected chi connectivity index (χ3v) is 5.34. The molecule has 0 unspecified atom stereocenters. The number of ether oxygens (including phenoxy) is 2. The van der Waals surface area contributed by atoms with Gasteiger partial charge in [0.25, 0.3) is 0 Å². The average Bonchev–Trinajstić information content (AvgIpc) is 2.85. The van der Waals surface area contributed by atoms with Crippen molar-refractivity contribution in [3.8, 4) is 0 Å². The van der Waals surface area contributed by atoms with Crippen molar-refractivity contribution in [2.45, 2.75) is 77.9 Å². The first-order valence-electron chi connectivity index (χ1n) is 10.2. The third kappa shape index (κ3) is 5.84. The second-order valence-corrected chi connectivity index (χ2v) is 8.50. The van der Waals surface area contributed by atoms with Gasteiger partial charge in [-0.15, -0.1) is 0 Å². The molecule has 0 aromatic rings. The van der Waals surface area contributed by atoms with Gasteiger partial charge in [0.15, 0.2) is 0 Å². The Morgan fingerprint density at radius 1 is 0.447 bits per heavy atom. The molecule has 0 amide bonds. The van der Waals surface area contributed by atoms with Crippen molar-refractivity contribution in [1.29, 1.82) is 0 Å². The molecule has 0 saturated carbocycles. The van der Waals surface area contributed by atoms with Gasteiger partial charge in [-0.05, 0) is 0 Å². The summed E-state index contributed by atoms with van der Waals surface area (Å²) in [7, 11) is 0.448. The summed E-state index contributed by atoms with van der Waals surface area (Å²) in [5, 5.41) is 0. The van der Waals surface area contributed by atoms with E-state index in [1.165, 1.54) is 0 Å². The van der Waals surface area contributed by atoms with Crippen molar-refractivity contribution in [2.75, 3.05) is 7.11 Å². The molecule has 0 aliphatic heterocycles. The molecule has 29 heteroatoms. The lowest BCUT2D eigenvalue weighted by molar-refractivity contribution is -0.487. The average molecular weight is 762 g/mol. The normalized spacial score (nSPS) is 15.8. The Morgan fingerprint density at radius 3 is 0.915 bits per heavy atom. The third-order valence-electron chi connectivity index (χ3n) is 5.34. The van der Waals surface area contributed by atoms with E-state index in [2.05, 4.69) is 16.1 Å². The monoisotopic (exact) mass is 762 g/mol. The van der Waals surface area contributed by atoms with E-state index in [0.29, 0.717) is 7.11 Å². The molecule has 278 valence electrons. The highest BCUT2D eigenvalue weighted by Gasteiger charge is 2.99. The predicted octanol–water partition coefficient (Wildman–Crippen LogP) is 8.16. The van der Waals surface area contributed by atoms with E-state index in [9.17, 15) is 119 Å². The maximum Gasteiger partial charge on any atom is 0.473 e. The molecule has 0 fully saturated rings. The number of hydrogen-bond acceptors (Lipinski definition) is 4. The highest BCUT2D eigenvalue weighted by molar-refractivity contribution is 5.93. The first-order valence-corrected chi connectivity index (χ1v) is 10.2. The Labute approximate surface area is 239 Å². The van der Waals surface area contributed by atoms with Crippen molar-refractivity contribution in [1.82, 2.24) is 0 Å². The summed E-state index contributed by atoms with van der Waals surface area (Å²) in [4.78, 5) is 22.1. The van der Waals surface area contributed by atoms with Crippen LogP contribution in [0.1, 0.15) is 6.42 Å². The van der Waals surface area contributed by atoms with Gasteiger partial charge >= 0.3 is 83.4 Å². The van der Waals surface area contributed by atoms with Gasteiger partial charge in [-0.3, -0.25) is 4.79 Å². The zero-order valence-corrected chi connectivity index (χ0v) is 21.0. The number of methoxy groups -OCH3 is 1. The van der Waals surface area contributed by atoms with Crippen LogP contribution in [0.5, 0.6) is 0 Å². The maximum absolute atomic E-state index is 13.8. The Morgan fingerprint density at radius 2 is 0.681 bits per heavy atom. The lowest BCUT2D eigenvalue weighted by atomic mass is 9.85. The summed E-state index contributed by atoms with van der Waals surface area (Å²) in [6.07, 6.45) is -18.1. The molecule has 0 heterocycles. The zero-order valence-electron chi connectivity index (χ0n) is 21.0. The van der Waals surface area contributed by atoms with Crippen LogP contribution >= 0.6 is 0 Å².